The highest BCUT2D eigenvalue weighted by Gasteiger charge is 2.32. The van der Waals surface area contributed by atoms with E-state index in [1.54, 1.807) is 24.3 Å². The molecule has 3 rings (SSSR count). The summed E-state index contributed by atoms with van der Waals surface area (Å²) in [6, 6.07) is 9.72. The molecule has 2 N–H and O–H groups in total. The minimum Gasteiger partial charge on any atom is -0.491 e. The summed E-state index contributed by atoms with van der Waals surface area (Å²) in [4.78, 5) is 2.51. The standard InChI is InChI=1S/C18H25N3O3/c19-9-14-1-5-17(6-2-14)24-13-16(22)10-20-11-18-12-21(7-8-23-18)15-3-4-15/h1-2,5-6,15-16,18,20,22H,3-4,7-8,10-13H2/t16-,18+/m0/s1. The Hall–Kier alpha value is -1.65. The first kappa shape index (κ1) is 17.2. The molecule has 6 nitrogen and oxygen atoms in total. The van der Waals surface area contributed by atoms with Crippen LogP contribution >= 0.6 is 0 Å². The predicted octanol–water partition coefficient (Wildman–Crippen LogP) is 0.751. The van der Waals surface area contributed by atoms with Crippen molar-refractivity contribution in [1.29, 1.82) is 5.26 Å². The number of ether oxygens (including phenoxy) is 2. The third kappa shape index (κ3) is 5.18. The first-order valence-corrected chi connectivity index (χ1v) is 8.62. The maximum absolute atomic E-state index is 10.00. The smallest absolute Gasteiger partial charge is 0.119 e. The Labute approximate surface area is 143 Å². The van der Waals surface area contributed by atoms with E-state index >= 15 is 0 Å². The summed E-state index contributed by atoms with van der Waals surface area (Å²) in [6.07, 6.45) is 2.27. The molecular weight excluding hydrogens is 306 g/mol. The molecule has 0 aromatic heterocycles. The van der Waals surface area contributed by atoms with Crippen LogP contribution in [0.3, 0.4) is 0 Å². The van der Waals surface area contributed by atoms with Crippen LogP contribution in [0, 0.1) is 11.3 Å². The molecule has 2 aliphatic rings. The number of morpholine rings is 1. The van der Waals surface area contributed by atoms with Crippen molar-refractivity contribution in [2.75, 3.05) is 39.4 Å². The molecule has 2 atom stereocenters. The number of hydrogen-bond donors (Lipinski definition) is 2. The van der Waals surface area contributed by atoms with E-state index in [0.717, 1.165) is 32.3 Å². The average Bonchev–Trinajstić information content (AvgIpc) is 3.46. The summed E-state index contributed by atoms with van der Waals surface area (Å²) in [5.41, 5.74) is 0.595. The highest BCUT2D eigenvalue weighted by atomic mass is 16.5. The lowest BCUT2D eigenvalue weighted by Crippen LogP contribution is -2.48. The van der Waals surface area contributed by atoms with Gasteiger partial charge in [-0.15, -0.1) is 0 Å². The molecule has 1 saturated carbocycles. The molecule has 1 aliphatic heterocycles. The van der Waals surface area contributed by atoms with Crippen LogP contribution in [0.5, 0.6) is 5.75 Å². The van der Waals surface area contributed by atoms with E-state index in [4.69, 9.17) is 14.7 Å². The fourth-order valence-electron chi connectivity index (χ4n) is 2.92. The fourth-order valence-corrected chi connectivity index (χ4v) is 2.92. The summed E-state index contributed by atoms with van der Waals surface area (Å²) in [6.45, 7) is 4.26. The molecule has 1 aromatic rings. The lowest BCUT2D eigenvalue weighted by molar-refractivity contribution is -0.0312. The van der Waals surface area contributed by atoms with E-state index in [0.29, 0.717) is 17.9 Å². The van der Waals surface area contributed by atoms with E-state index < -0.39 is 6.10 Å². The molecule has 0 amide bonds. The van der Waals surface area contributed by atoms with Crippen LogP contribution in [0.25, 0.3) is 0 Å². The van der Waals surface area contributed by atoms with Gasteiger partial charge >= 0.3 is 0 Å². The molecule has 130 valence electrons. The number of rotatable bonds is 8. The molecule has 1 aromatic carbocycles. The second-order valence-corrected chi connectivity index (χ2v) is 6.48. The van der Waals surface area contributed by atoms with Gasteiger partial charge in [-0.05, 0) is 37.1 Å². The quantitative estimate of drug-likeness (QED) is 0.732. The normalized spacial score (nSPS) is 22.8. The number of hydrogen-bond acceptors (Lipinski definition) is 6. The maximum Gasteiger partial charge on any atom is 0.119 e. The minimum absolute atomic E-state index is 0.200. The molecular formula is C18H25N3O3. The summed E-state index contributed by atoms with van der Waals surface area (Å²) in [5, 5.41) is 22.0. The fraction of sp³-hybridized carbons (Fsp3) is 0.611. The van der Waals surface area contributed by atoms with E-state index in [2.05, 4.69) is 16.3 Å². The molecule has 24 heavy (non-hydrogen) atoms. The number of aliphatic hydroxyl groups is 1. The van der Waals surface area contributed by atoms with Gasteiger partial charge in [0.1, 0.15) is 18.5 Å². The number of nitrogens with one attached hydrogen (secondary N) is 1. The van der Waals surface area contributed by atoms with Crippen LogP contribution in [0.4, 0.5) is 0 Å². The topological polar surface area (TPSA) is 77.8 Å². The van der Waals surface area contributed by atoms with Crippen LogP contribution in [-0.4, -0.2) is 67.6 Å². The second kappa shape index (κ2) is 8.45. The van der Waals surface area contributed by atoms with Gasteiger partial charge in [-0.25, -0.2) is 0 Å². The van der Waals surface area contributed by atoms with Crippen LogP contribution in [-0.2, 0) is 4.74 Å². The van der Waals surface area contributed by atoms with Crippen LogP contribution in [0.15, 0.2) is 24.3 Å². The Bertz CT molecular complexity index is 554. The monoisotopic (exact) mass is 331 g/mol. The van der Waals surface area contributed by atoms with Gasteiger partial charge in [-0.3, -0.25) is 4.90 Å². The van der Waals surface area contributed by atoms with E-state index in [1.165, 1.54) is 12.8 Å². The van der Waals surface area contributed by atoms with Gasteiger partial charge < -0.3 is 19.9 Å². The molecule has 0 radical (unpaired) electrons. The van der Waals surface area contributed by atoms with Crippen molar-refractivity contribution in [3.63, 3.8) is 0 Å². The first-order chi connectivity index (χ1) is 11.7. The van der Waals surface area contributed by atoms with Gasteiger partial charge in [0.2, 0.25) is 0 Å². The number of benzene rings is 1. The average molecular weight is 331 g/mol. The lowest BCUT2D eigenvalue weighted by atomic mass is 10.2. The van der Waals surface area contributed by atoms with Crippen LogP contribution < -0.4 is 10.1 Å². The number of aliphatic hydroxyl groups excluding tert-OH is 1. The predicted molar refractivity (Wildman–Crippen MR) is 89.9 cm³/mol. The largest absolute Gasteiger partial charge is 0.491 e. The van der Waals surface area contributed by atoms with Crippen molar-refractivity contribution in [3.05, 3.63) is 29.8 Å². The van der Waals surface area contributed by atoms with Gasteiger partial charge in [0.25, 0.3) is 0 Å². The van der Waals surface area contributed by atoms with Crippen molar-refractivity contribution in [1.82, 2.24) is 10.2 Å². The summed E-state index contributed by atoms with van der Waals surface area (Å²) in [5.74, 6) is 0.656. The van der Waals surface area contributed by atoms with Crippen LogP contribution in [0.1, 0.15) is 18.4 Å². The molecule has 0 spiro atoms. The molecule has 2 fully saturated rings. The van der Waals surface area contributed by atoms with Gasteiger partial charge in [-0.1, -0.05) is 0 Å². The molecule has 1 aliphatic carbocycles. The zero-order valence-electron chi connectivity index (χ0n) is 13.9. The Balaban J connectivity index is 1.30. The van der Waals surface area contributed by atoms with Gasteiger partial charge in [-0.2, -0.15) is 5.26 Å². The number of nitrogens with zero attached hydrogens (tertiary/aromatic N) is 2. The van der Waals surface area contributed by atoms with E-state index in [9.17, 15) is 5.11 Å². The molecule has 0 bridgehead atoms. The van der Waals surface area contributed by atoms with Crippen molar-refractivity contribution in [2.24, 2.45) is 0 Å². The van der Waals surface area contributed by atoms with Gasteiger partial charge in [0.05, 0.1) is 24.3 Å². The van der Waals surface area contributed by atoms with E-state index in [-0.39, 0.29) is 12.7 Å². The summed E-state index contributed by atoms with van der Waals surface area (Å²) in [7, 11) is 0. The van der Waals surface area contributed by atoms with Crippen molar-refractivity contribution < 1.29 is 14.6 Å². The zero-order valence-corrected chi connectivity index (χ0v) is 13.9. The van der Waals surface area contributed by atoms with Crippen molar-refractivity contribution in [2.45, 2.75) is 31.1 Å². The molecule has 0 unspecified atom stereocenters. The molecule has 6 heteroatoms. The Morgan fingerprint density at radius 2 is 2.17 bits per heavy atom. The lowest BCUT2D eigenvalue weighted by Gasteiger charge is -2.33. The second-order valence-electron chi connectivity index (χ2n) is 6.48. The minimum atomic E-state index is -0.580. The van der Waals surface area contributed by atoms with Crippen LogP contribution in [0.2, 0.25) is 0 Å². The zero-order chi connectivity index (χ0) is 16.8. The molecule has 1 heterocycles. The molecule has 1 saturated heterocycles. The number of nitriles is 1. The van der Waals surface area contributed by atoms with Crippen molar-refractivity contribution in [3.8, 4) is 11.8 Å². The maximum atomic E-state index is 10.00. The first-order valence-electron chi connectivity index (χ1n) is 8.62. The highest BCUT2D eigenvalue weighted by molar-refractivity contribution is 5.34. The SMILES string of the molecule is N#Cc1ccc(OC[C@@H](O)CNC[C@@H]2CN(C3CC3)CCO2)cc1. The van der Waals surface area contributed by atoms with E-state index in [1.807, 2.05) is 0 Å². The highest BCUT2D eigenvalue weighted by Crippen LogP contribution is 2.28. The Morgan fingerprint density at radius 3 is 2.88 bits per heavy atom. The van der Waals surface area contributed by atoms with Gasteiger partial charge in [0.15, 0.2) is 0 Å². The summed E-state index contributed by atoms with van der Waals surface area (Å²) < 4.78 is 11.3. The Kier molecular flexibility index (Phi) is 6.05. The third-order valence-electron chi connectivity index (χ3n) is 4.41. The van der Waals surface area contributed by atoms with Gasteiger partial charge in [0, 0.05) is 32.2 Å². The third-order valence-corrected chi connectivity index (χ3v) is 4.41. The Morgan fingerprint density at radius 1 is 1.38 bits per heavy atom. The van der Waals surface area contributed by atoms with Crippen molar-refractivity contribution >= 4 is 0 Å². The summed E-state index contributed by atoms with van der Waals surface area (Å²) >= 11 is 0.